The molecule has 2 aromatic carbocycles. The van der Waals surface area contributed by atoms with Gasteiger partial charge in [-0.3, -0.25) is 4.99 Å². The number of halogens is 3. The van der Waals surface area contributed by atoms with Crippen molar-refractivity contribution >= 4 is 23.1 Å². The van der Waals surface area contributed by atoms with Gasteiger partial charge in [-0.25, -0.2) is 8.78 Å². The fourth-order valence-corrected chi connectivity index (χ4v) is 4.43. The Morgan fingerprint density at radius 2 is 1.81 bits per heavy atom. The fourth-order valence-electron chi connectivity index (χ4n) is 4.21. The van der Waals surface area contributed by atoms with Crippen LogP contribution in [0.5, 0.6) is 0 Å². The summed E-state index contributed by atoms with van der Waals surface area (Å²) in [5.74, 6) is -0.712. The molecule has 2 aromatic rings. The second-order valence-electron chi connectivity index (χ2n) is 7.36. The lowest BCUT2D eigenvalue weighted by molar-refractivity contribution is 0.277. The smallest absolute Gasteiger partial charge is 0.160 e. The van der Waals surface area contributed by atoms with Crippen LogP contribution < -0.4 is 5.32 Å². The maximum atomic E-state index is 13.7. The van der Waals surface area contributed by atoms with Gasteiger partial charge in [0, 0.05) is 22.2 Å². The van der Waals surface area contributed by atoms with E-state index in [0.29, 0.717) is 23.7 Å². The normalized spacial score (nSPS) is 20.0. The van der Waals surface area contributed by atoms with E-state index >= 15 is 0 Å². The summed E-state index contributed by atoms with van der Waals surface area (Å²) in [6.07, 6.45) is 6.24. The van der Waals surface area contributed by atoms with Crippen LogP contribution in [0, 0.1) is 17.0 Å². The highest BCUT2D eigenvalue weighted by atomic mass is 35.5. The van der Waals surface area contributed by atoms with Crippen molar-refractivity contribution in [2.75, 3.05) is 5.32 Å². The first-order valence-electron chi connectivity index (χ1n) is 9.10. The van der Waals surface area contributed by atoms with Crippen LogP contribution in [0.3, 0.4) is 0 Å². The van der Waals surface area contributed by atoms with Crippen molar-refractivity contribution in [3.05, 3.63) is 64.2 Å². The van der Waals surface area contributed by atoms with E-state index < -0.39 is 11.6 Å². The number of benzene rings is 2. The Labute approximate surface area is 157 Å². The molecule has 1 aliphatic heterocycles. The van der Waals surface area contributed by atoms with Gasteiger partial charge in [0.05, 0.1) is 6.54 Å². The zero-order chi connectivity index (χ0) is 18.1. The predicted octanol–water partition coefficient (Wildman–Crippen LogP) is 6.14. The van der Waals surface area contributed by atoms with Crippen LogP contribution in [0.2, 0.25) is 5.02 Å². The highest BCUT2D eigenvalue weighted by Gasteiger charge is 2.41. The third-order valence-electron chi connectivity index (χ3n) is 5.55. The van der Waals surface area contributed by atoms with Crippen molar-refractivity contribution < 1.29 is 8.78 Å². The van der Waals surface area contributed by atoms with Gasteiger partial charge in [-0.15, -0.1) is 0 Å². The van der Waals surface area contributed by atoms with Crippen LogP contribution in [0.1, 0.15) is 43.2 Å². The van der Waals surface area contributed by atoms with Gasteiger partial charge in [-0.1, -0.05) is 43.0 Å². The molecule has 0 aromatic heterocycles. The molecule has 0 unspecified atom stereocenters. The third-order valence-corrected chi connectivity index (χ3v) is 5.78. The van der Waals surface area contributed by atoms with Crippen molar-refractivity contribution in [2.24, 2.45) is 10.4 Å². The molecular formula is C21H21ClF2N2. The Hall–Kier alpha value is -1.94. The Morgan fingerprint density at radius 1 is 1.04 bits per heavy atom. The van der Waals surface area contributed by atoms with Gasteiger partial charge in [0.2, 0.25) is 0 Å². The van der Waals surface area contributed by atoms with E-state index in [2.05, 4.69) is 5.32 Å². The highest BCUT2D eigenvalue weighted by molar-refractivity contribution is 6.30. The SMILES string of the molecule is Fc1cc2c(cc1F)NC(=NCc1cccc(Cl)c1)C1(CCCCC1)C2. The van der Waals surface area contributed by atoms with Gasteiger partial charge in [-0.2, -0.15) is 0 Å². The van der Waals surface area contributed by atoms with E-state index in [4.69, 9.17) is 16.6 Å². The van der Waals surface area contributed by atoms with Crippen molar-refractivity contribution in [1.82, 2.24) is 0 Å². The van der Waals surface area contributed by atoms with Crippen LogP contribution in [0.25, 0.3) is 0 Å². The minimum absolute atomic E-state index is 0.103. The Kier molecular flexibility index (Phi) is 4.70. The lowest BCUT2D eigenvalue weighted by Crippen LogP contribution is -2.43. The molecule has 1 heterocycles. The Morgan fingerprint density at radius 3 is 2.58 bits per heavy atom. The highest BCUT2D eigenvalue weighted by Crippen LogP contribution is 2.45. The topological polar surface area (TPSA) is 24.4 Å². The Bertz CT molecular complexity index is 857. The molecule has 0 atom stereocenters. The zero-order valence-corrected chi connectivity index (χ0v) is 15.3. The summed E-state index contributed by atoms with van der Waals surface area (Å²) in [5.41, 5.74) is 2.40. The molecule has 136 valence electrons. The first-order valence-corrected chi connectivity index (χ1v) is 9.48. The van der Waals surface area contributed by atoms with Gasteiger partial charge in [0.1, 0.15) is 5.84 Å². The van der Waals surface area contributed by atoms with E-state index in [-0.39, 0.29) is 5.41 Å². The van der Waals surface area contributed by atoms with Crippen LogP contribution >= 0.6 is 11.6 Å². The van der Waals surface area contributed by atoms with Crippen LogP contribution in [0.4, 0.5) is 14.5 Å². The molecule has 4 rings (SSSR count). The van der Waals surface area contributed by atoms with Crippen molar-refractivity contribution in [3.8, 4) is 0 Å². The number of nitrogens with zero attached hydrogens (tertiary/aromatic N) is 1. The second kappa shape index (κ2) is 6.99. The fraction of sp³-hybridized carbons (Fsp3) is 0.381. The molecule has 1 N–H and O–H groups in total. The summed E-state index contributed by atoms with van der Waals surface area (Å²) < 4.78 is 27.4. The molecule has 0 amide bonds. The van der Waals surface area contributed by atoms with Crippen molar-refractivity contribution in [3.63, 3.8) is 0 Å². The van der Waals surface area contributed by atoms with Gasteiger partial charge in [0.25, 0.3) is 0 Å². The summed E-state index contributed by atoms with van der Waals surface area (Å²) in [6.45, 7) is 0.518. The first kappa shape index (κ1) is 17.5. The summed E-state index contributed by atoms with van der Waals surface area (Å²) in [4.78, 5) is 4.85. The number of fused-ring (bicyclic) bond motifs is 1. The maximum Gasteiger partial charge on any atom is 0.160 e. The molecule has 1 spiro atoms. The van der Waals surface area contributed by atoms with Crippen LogP contribution in [-0.4, -0.2) is 5.84 Å². The van der Waals surface area contributed by atoms with Gasteiger partial charge in [-0.05, 0) is 48.6 Å². The second-order valence-corrected chi connectivity index (χ2v) is 7.80. The lowest BCUT2D eigenvalue weighted by Gasteiger charge is -2.42. The van der Waals surface area contributed by atoms with E-state index in [0.717, 1.165) is 42.6 Å². The number of aliphatic imine (C=N–C) groups is 1. The first-order chi connectivity index (χ1) is 12.6. The summed E-state index contributed by atoms with van der Waals surface area (Å²) in [5, 5.41) is 4.01. The molecule has 1 aliphatic carbocycles. The van der Waals surface area contributed by atoms with Gasteiger partial charge >= 0.3 is 0 Å². The molecule has 0 saturated heterocycles. The van der Waals surface area contributed by atoms with Gasteiger partial charge in [0.15, 0.2) is 11.6 Å². The zero-order valence-electron chi connectivity index (χ0n) is 14.5. The van der Waals surface area contributed by atoms with E-state index in [1.807, 2.05) is 24.3 Å². The predicted molar refractivity (Wildman–Crippen MR) is 102 cm³/mol. The van der Waals surface area contributed by atoms with Crippen LogP contribution in [-0.2, 0) is 13.0 Å². The molecule has 2 aliphatic rings. The molecule has 0 radical (unpaired) electrons. The Balaban J connectivity index is 1.70. The van der Waals surface area contributed by atoms with E-state index in [1.54, 1.807) is 0 Å². The molecule has 26 heavy (non-hydrogen) atoms. The molecule has 5 heteroatoms. The van der Waals surface area contributed by atoms with E-state index in [1.165, 1.54) is 18.6 Å². The number of amidine groups is 1. The monoisotopic (exact) mass is 374 g/mol. The molecule has 0 bridgehead atoms. The summed E-state index contributed by atoms with van der Waals surface area (Å²) in [7, 11) is 0. The number of rotatable bonds is 2. The third kappa shape index (κ3) is 3.35. The average molecular weight is 375 g/mol. The number of hydrogen-bond donors (Lipinski definition) is 1. The number of hydrogen-bond acceptors (Lipinski definition) is 1. The number of anilines is 1. The van der Waals surface area contributed by atoms with Crippen LogP contribution in [0.15, 0.2) is 41.4 Å². The summed E-state index contributed by atoms with van der Waals surface area (Å²) >= 11 is 6.07. The number of nitrogens with one attached hydrogen (secondary N) is 1. The largest absolute Gasteiger partial charge is 0.343 e. The minimum Gasteiger partial charge on any atom is -0.343 e. The maximum absolute atomic E-state index is 13.7. The standard InChI is InChI=1S/C21H21ClF2N2/c22-16-6-4-5-14(9-16)13-25-20-21(7-2-1-3-8-21)12-15-10-17(23)18(24)11-19(15)26-20/h4-6,9-11H,1-3,7-8,12-13H2,(H,25,26). The minimum atomic E-state index is -0.829. The quantitative estimate of drug-likeness (QED) is 0.671. The molecule has 1 saturated carbocycles. The van der Waals surface area contributed by atoms with Gasteiger partial charge < -0.3 is 5.32 Å². The molecule has 2 nitrogen and oxygen atoms in total. The van der Waals surface area contributed by atoms with Crippen molar-refractivity contribution in [2.45, 2.75) is 45.1 Å². The van der Waals surface area contributed by atoms with Crippen molar-refractivity contribution in [1.29, 1.82) is 0 Å². The van der Waals surface area contributed by atoms with E-state index in [9.17, 15) is 8.78 Å². The summed E-state index contributed by atoms with van der Waals surface area (Å²) in [6, 6.07) is 10.2. The average Bonchev–Trinajstić information content (AvgIpc) is 2.62. The molecule has 1 fully saturated rings. The molecular weight excluding hydrogens is 354 g/mol. The lowest BCUT2D eigenvalue weighted by atomic mass is 9.67.